The van der Waals surface area contributed by atoms with E-state index in [0.717, 1.165) is 11.3 Å². The van der Waals surface area contributed by atoms with Crippen LogP contribution in [0.5, 0.6) is 5.75 Å². The van der Waals surface area contributed by atoms with Gasteiger partial charge in [-0.05, 0) is 31.2 Å². The summed E-state index contributed by atoms with van der Waals surface area (Å²) in [6.07, 6.45) is 4.09. The highest BCUT2D eigenvalue weighted by atomic mass is 16.5. The minimum absolute atomic E-state index is 0.125. The van der Waals surface area contributed by atoms with Crippen LogP contribution in [0.4, 0.5) is 0 Å². The molecule has 0 bridgehead atoms. The number of nitrogens with zero attached hydrogens (tertiary/aromatic N) is 1. The van der Waals surface area contributed by atoms with E-state index >= 15 is 0 Å². The molecule has 2 rings (SSSR count). The Labute approximate surface area is 77.1 Å². The predicted molar refractivity (Wildman–Crippen MR) is 50.3 cm³/mol. The number of benzene rings is 1. The van der Waals surface area contributed by atoms with E-state index in [4.69, 9.17) is 10.00 Å². The van der Waals surface area contributed by atoms with Crippen molar-refractivity contribution in [2.45, 2.75) is 13.0 Å². The van der Waals surface area contributed by atoms with Gasteiger partial charge in [0.2, 0.25) is 0 Å². The van der Waals surface area contributed by atoms with Crippen LogP contribution in [0, 0.1) is 11.3 Å². The lowest BCUT2D eigenvalue weighted by Gasteiger charge is -2.17. The third-order valence-corrected chi connectivity index (χ3v) is 2.00. The molecule has 0 spiro atoms. The zero-order valence-electron chi connectivity index (χ0n) is 7.32. The molecule has 64 valence electrons. The maximum Gasteiger partial charge on any atom is 0.127 e. The molecule has 0 aromatic heterocycles. The number of fused-ring (bicyclic) bond motifs is 1. The summed E-state index contributed by atoms with van der Waals surface area (Å²) in [6, 6.07) is 7.54. The second kappa shape index (κ2) is 2.95. The molecule has 0 radical (unpaired) electrons. The van der Waals surface area contributed by atoms with Crippen LogP contribution in [-0.4, -0.2) is 6.10 Å². The van der Waals surface area contributed by atoms with E-state index < -0.39 is 0 Å². The fraction of sp³-hybridized carbons (Fsp3) is 0.182. The molecule has 1 aliphatic rings. The van der Waals surface area contributed by atoms with Gasteiger partial charge >= 0.3 is 0 Å². The van der Waals surface area contributed by atoms with Crippen molar-refractivity contribution in [1.29, 1.82) is 5.26 Å². The first-order valence-corrected chi connectivity index (χ1v) is 4.18. The lowest BCUT2D eigenvalue weighted by atomic mass is 10.1. The van der Waals surface area contributed by atoms with E-state index in [-0.39, 0.29) is 6.10 Å². The Morgan fingerprint density at radius 3 is 3.08 bits per heavy atom. The van der Waals surface area contributed by atoms with Crippen LogP contribution in [-0.2, 0) is 0 Å². The van der Waals surface area contributed by atoms with Crippen molar-refractivity contribution in [2.24, 2.45) is 0 Å². The summed E-state index contributed by atoms with van der Waals surface area (Å²) in [7, 11) is 0. The number of hydrogen-bond acceptors (Lipinski definition) is 2. The molecule has 0 saturated heterocycles. The standard InChI is InChI=1S/C11H9NO/c1-8-2-4-10-6-9(7-12)3-5-11(10)13-8/h2-6,8H,1H3/t8-/m0/s1. The van der Waals surface area contributed by atoms with E-state index in [1.165, 1.54) is 0 Å². The van der Waals surface area contributed by atoms with Crippen LogP contribution in [0.25, 0.3) is 6.08 Å². The van der Waals surface area contributed by atoms with Gasteiger partial charge < -0.3 is 4.74 Å². The van der Waals surface area contributed by atoms with Gasteiger partial charge in [-0.15, -0.1) is 0 Å². The zero-order valence-corrected chi connectivity index (χ0v) is 7.32. The Balaban J connectivity index is 2.47. The van der Waals surface area contributed by atoms with Crippen molar-refractivity contribution >= 4 is 6.08 Å². The van der Waals surface area contributed by atoms with Crippen LogP contribution in [0.1, 0.15) is 18.1 Å². The Bertz CT molecular complexity index is 401. The molecule has 1 atom stereocenters. The van der Waals surface area contributed by atoms with Crippen LogP contribution in [0.15, 0.2) is 24.3 Å². The average Bonchev–Trinajstić information content (AvgIpc) is 2.17. The lowest BCUT2D eigenvalue weighted by Crippen LogP contribution is -2.11. The van der Waals surface area contributed by atoms with Crippen molar-refractivity contribution in [2.75, 3.05) is 0 Å². The zero-order chi connectivity index (χ0) is 9.26. The molecular weight excluding hydrogens is 162 g/mol. The molecule has 2 heteroatoms. The van der Waals surface area contributed by atoms with Gasteiger partial charge in [0.1, 0.15) is 11.9 Å². The fourth-order valence-electron chi connectivity index (χ4n) is 1.33. The Morgan fingerprint density at radius 2 is 2.31 bits per heavy atom. The molecule has 0 aliphatic carbocycles. The number of hydrogen-bond donors (Lipinski definition) is 0. The molecule has 0 saturated carbocycles. The molecule has 0 amide bonds. The molecule has 1 aromatic rings. The highest BCUT2D eigenvalue weighted by Crippen LogP contribution is 2.26. The van der Waals surface area contributed by atoms with E-state index in [1.807, 2.05) is 31.2 Å². The van der Waals surface area contributed by atoms with E-state index in [9.17, 15) is 0 Å². The molecule has 0 N–H and O–H groups in total. The number of ether oxygens (including phenoxy) is 1. The first-order valence-electron chi connectivity index (χ1n) is 4.18. The highest BCUT2D eigenvalue weighted by molar-refractivity contribution is 5.62. The van der Waals surface area contributed by atoms with Crippen LogP contribution >= 0.6 is 0 Å². The molecule has 1 heterocycles. The molecule has 1 aromatic carbocycles. The van der Waals surface area contributed by atoms with Crippen molar-refractivity contribution in [3.8, 4) is 11.8 Å². The van der Waals surface area contributed by atoms with Crippen molar-refractivity contribution in [1.82, 2.24) is 0 Å². The van der Waals surface area contributed by atoms with Gasteiger partial charge in [-0.1, -0.05) is 6.08 Å². The molecule has 2 nitrogen and oxygen atoms in total. The molecule has 1 aliphatic heterocycles. The first-order chi connectivity index (χ1) is 6.29. The Morgan fingerprint density at radius 1 is 1.46 bits per heavy atom. The smallest absolute Gasteiger partial charge is 0.127 e. The topological polar surface area (TPSA) is 33.0 Å². The summed E-state index contributed by atoms with van der Waals surface area (Å²) in [6.45, 7) is 1.98. The predicted octanol–water partition coefficient (Wildman–Crippen LogP) is 2.35. The summed E-state index contributed by atoms with van der Waals surface area (Å²) >= 11 is 0. The molecule has 0 fully saturated rings. The van der Waals surface area contributed by atoms with E-state index in [1.54, 1.807) is 6.07 Å². The van der Waals surface area contributed by atoms with Gasteiger partial charge in [-0.2, -0.15) is 5.26 Å². The average molecular weight is 171 g/mol. The third-order valence-electron chi connectivity index (χ3n) is 2.00. The minimum Gasteiger partial charge on any atom is -0.486 e. The minimum atomic E-state index is 0.125. The Kier molecular flexibility index (Phi) is 1.79. The number of rotatable bonds is 0. The second-order valence-electron chi connectivity index (χ2n) is 3.05. The maximum atomic E-state index is 8.68. The molecule has 13 heavy (non-hydrogen) atoms. The van der Waals surface area contributed by atoms with Gasteiger partial charge in [-0.25, -0.2) is 0 Å². The van der Waals surface area contributed by atoms with Crippen LogP contribution < -0.4 is 4.74 Å². The normalized spacial score (nSPS) is 18.6. The van der Waals surface area contributed by atoms with E-state index in [0.29, 0.717) is 5.56 Å². The second-order valence-corrected chi connectivity index (χ2v) is 3.05. The highest BCUT2D eigenvalue weighted by Gasteiger charge is 2.10. The quantitative estimate of drug-likeness (QED) is 0.600. The first kappa shape index (κ1) is 7.88. The monoisotopic (exact) mass is 171 g/mol. The summed E-state index contributed by atoms with van der Waals surface area (Å²) in [5, 5.41) is 8.68. The summed E-state index contributed by atoms with van der Waals surface area (Å²) in [4.78, 5) is 0. The van der Waals surface area contributed by atoms with Crippen LogP contribution in [0.2, 0.25) is 0 Å². The van der Waals surface area contributed by atoms with Gasteiger partial charge in [0, 0.05) is 5.56 Å². The lowest BCUT2D eigenvalue weighted by molar-refractivity contribution is 0.266. The summed E-state index contributed by atoms with van der Waals surface area (Å²) in [5.74, 6) is 0.856. The maximum absolute atomic E-state index is 8.68. The van der Waals surface area contributed by atoms with Gasteiger partial charge in [0.05, 0.1) is 11.6 Å². The number of nitriles is 1. The van der Waals surface area contributed by atoms with Crippen molar-refractivity contribution in [3.05, 3.63) is 35.4 Å². The van der Waals surface area contributed by atoms with Crippen molar-refractivity contribution in [3.63, 3.8) is 0 Å². The fourth-order valence-corrected chi connectivity index (χ4v) is 1.33. The Hall–Kier alpha value is -1.75. The molecular formula is C11H9NO. The molecule has 0 unspecified atom stereocenters. The van der Waals surface area contributed by atoms with Gasteiger partial charge in [-0.3, -0.25) is 0 Å². The summed E-state index contributed by atoms with van der Waals surface area (Å²) in [5.41, 5.74) is 1.65. The summed E-state index contributed by atoms with van der Waals surface area (Å²) < 4.78 is 5.54. The largest absolute Gasteiger partial charge is 0.486 e. The van der Waals surface area contributed by atoms with Gasteiger partial charge in [0.15, 0.2) is 0 Å². The van der Waals surface area contributed by atoms with Crippen molar-refractivity contribution < 1.29 is 4.74 Å². The van der Waals surface area contributed by atoms with Gasteiger partial charge in [0.25, 0.3) is 0 Å². The third kappa shape index (κ3) is 1.41. The SMILES string of the molecule is C[C@H]1C=Cc2cc(C#N)ccc2O1. The van der Waals surface area contributed by atoms with E-state index in [2.05, 4.69) is 6.07 Å². The van der Waals surface area contributed by atoms with Crippen LogP contribution in [0.3, 0.4) is 0 Å².